The molecule has 0 aromatic carbocycles. The predicted molar refractivity (Wildman–Crippen MR) is 154 cm³/mol. The molecule has 0 spiro atoms. The topological polar surface area (TPSA) is 233 Å². The first-order valence-electron chi connectivity index (χ1n) is 13.8. The summed E-state index contributed by atoms with van der Waals surface area (Å²) < 4.78 is 19.4. The van der Waals surface area contributed by atoms with E-state index in [2.05, 4.69) is 26.3 Å². The summed E-state index contributed by atoms with van der Waals surface area (Å²) in [5.41, 5.74) is 0. The highest BCUT2D eigenvalue weighted by Crippen LogP contribution is 2.36. The minimum atomic E-state index is -1.49. The molecule has 0 aromatic heterocycles. The van der Waals surface area contributed by atoms with Crippen molar-refractivity contribution < 1.29 is 68.1 Å². The van der Waals surface area contributed by atoms with Gasteiger partial charge in [0.2, 0.25) is 0 Å². The first-order valence-corrected chi connectivity index (χ1v) is 13.8. The Balaban J connectivity index is 2.47. The third-order valence-corrected chi connectivity index (χ3v) is 6.50. The summed E-state index contributed by atoms with van der Waals surface area (Å²) in [5, 5.41) is 42.5. The van der Waals surface area contributed by atoms with Crippen molar-refractivity contribution in [2.75, 3.05) is 52.6 Å². The molecular weight excluding hydrogens is 616 g/mol. The van der Waals surface area contributed by atoms with Crippen LogP contribution in [0.2, 0.25) is 0 Å². The van der Waals surface area contributed by atoms with E-state index in [1.165, 1.54) is 0 Å². The first-order chi connectivity index (χ1) is 21.8. The van der Waals surface area contributed by atoms with Crippen LogP contribution in [0.25, 0.3) is 0 Å². The van der Waals surface area contributed by atoms with Crippen molar-refractivity contribution in [1.29, 1.82) is 0 Å². The molecule has 2 heterocycles. The highest BCUT2D eigenvalue weighted by Gasteiger charge is 2.60. The highest BCUT2D eigenvalue weighted by molar-refractivity contribution is 5.86. The van der Waals surface area contributed by atoms with Crippen molar-refractivity contribution in [2.45, 2.75) is 36.7 Å². The van der Waals surface area contributed by atoms with Gasteiger partial charge in [0, 0.05) is 24.3 Å². The smallest absolute Gasteiger partial charge is 0.330 e. The van der Waals surface area contributed by atoms with Crippen LogP contribution >= 0.6 is 0 Å². The second kappa shape index (κ2) is 17.6. The summed E-state index contributed by atoms with van der Waals surface area (Å²) in [5.74, 6) is -3.40. The Morgan fingerprint density at radius 1 is 0.522 bits per heavy atom. The van der Waals surface area contributed by atoms with E-state index in [1.54, 1.807) is 0 Å². The van der Waals surface area contributed by atoms with Crippen molar-refractivity contribution in [3.63, 3.8) is 0 Å². The Bertz CT molecular complexity index is 1020. The Hall–Kier alpha value is -4.78. The van der Waals surface area contributed by atoms with Crippen LogP contribution in [0.15, 0.2) is 50.6 Å². The second-order valence-corrected chi connectivity index (χ2v) is 9.95. The molecule has 4 unspecified atom stereocenters. The zero-order chi connectivity index (χ0) is 34.6. The lowest BCUT2D eigenvalue weighted by atomic mass is 10.2. The van der Waals surface area contributed by atoms with E-state index in [9.17, 15) is 49.2 Å². The molecule has 4 amide bonds. The molecule has 2 aliphatic rings. The maximum atomic E-state index is 13.8. The molecule has 2 aliphatic heterocycles. The summed E-state index contributed by atoms with van der Waals surface area (Å²) in [7, 11) is 0. The molecule has 0 aromatic rings. The zero-order valence-corrected chi connectivity index (χ0v) is 24.9. The third kappa shape index (κ3) is 10.1. The van der Waals surface area contributed by atoms with E-state index in [0.29, 0.717) is 0 Å². The van der Waals surface area contributed by atoms with E-state index in [4.69, 9.17) is 18.9 Å². The number of urea groups is 2. The lowest BCUT2D eigenvalue weighted by Crippen LogP contribution is -2.52. The van der Waals surface area contributed by atoms with Gasteiger partial charge in [0.15, 0.2) is 0 Å². The standard InChI is InChI=1S/C28H38N4O14/c1-5-21(37)43-13-17(33)9-29-25-26(31(27(29)41)11-19(35)15-45-23(39)7-3)32(12-20(36)16-46-24(40)8-4)28(42)30(25)10-18(34)14-44-22(38)6-2/h5-8,17-20,25-26,33-36H,1-4,9-16H2. The van der Waals surface area contributed by atoms with E-state index < -0.39 is 125 Å². The number of amides is 4. The summed E-state index contributed by atoms with van der Waals surface area (Å²) in [6.45, 7) is 8.61. The van der Waals surface area contributed by atoms with E-state index in [-0.39, 0.29) is 0 Å². The number of carbonyl (C=O) groups excluding carboxylic acids is 6. The van der Waals surface area contributed by atoms with E-state index >= 15 is 0 Å². The molecule has 2 saturated heterocycles. The van der Waals surface area contributed by atoms with Crippen LogP contribution in [0.3, 0.4) is 0 Å². The molecule has 18 nitrogen and oxygen atoms in total. The lowest BCUT2D eigenvalue weighted by molar-refractivity contribution is -0.142. The minimum absolute atomic E-state index is 0.527. The van der Waals surface area contributed by atoms with Crippen molar-refractivity contribution in [3.05, 3.63) is 50.6 Å². The maximum Gasteiger partial charge on any atom is 0.330 e. The molecule has 2 fully saturated rings. The van der Waals surface area contributed by atoms with Gasteiger partial charge in [-0.3, -0.25) is 19.6 Å². The lowest BCUT2D eigenvalue weighted by Gasteiger charge is -2.32. The van der Waals surface area contributed by atoms with Crippen molar-refractivity contribution >= 4 is 35.9 Å². The normalized spacial score (nSPS) is 19.8. The number of fused-ring (bicyclic) bond motifs is 1. The van der Waals surface area contributed by atoms with Gasteiger partial charge < -0.3 is 39.4 Å². The number of β-amino-alcohol motifs (C(OH)–C–C–N with tert-alkyl or cyclic N) is 4. The van der Waals surface area contributed by atoms with Gasteiger partial charge in [-0.05, 0) is 0 Å². The molecule has 254 valence electrons. The van der Waals surface area contributed by atoms with Gasteiger partial charge in [-0.15, -0.1) is 0 Å². The van der Waals surface area contributed by atoms with Crippen LogP contribution in [-0.4, -0.2) is 165 Å². The average Bonchev–Trinajstić information content (AvgIpc) is 3.44. The van der Waals surface area contributed by atoms with E-state index in [0.717, 1.165) is 43.9 Å². The molecule has 46 heavy (non-hydrogen) atoms. The predicted octanol–water partition coefficient (Wildman–Crippen LogP) is -2.53. The third-order valence-electron chi connectivity index (χ3n) is 6.50. The number of rotatable bonds is 20. The molecule has 0 bridgehead atoms. The molecule has 0 saturated carbocycles. The zero-order valence-electron chi connectivity index (χ0n) is 24.9. The van der Waals surface area contributed by atoms with Crippen LogP contribution in [0, 0.1) is 0 Å². The van der Waals surface area contributed by atoms with E-state index in [1.807, 2.05) is 0 Å². The van der Waals surface area contributed by atoms with Gasteiger partial charge in [0.05, 0.1) is 26.2 Å². The summed E-state index contributed by atoms with van der Waals surface area (Å²) >= 11 is 0. The number of esters is 4. The Morgan fingerprint density at radius 2 is 0.717 bits per heavy atom. The van der Waals surface area contributed by atoms with Crippen LogP contribution in [0.4, 0.5) is 9.59 Å². The van der Waals surface area contributed by atoms with Gasteiger partial charge in [-0.25, -0.2) is 28.8 Å². The molecule has 4 N–H and O–H groups in total. The Morgan fingerprint density at radius 3 is 0.891 bits per heavy atom. The number of carbonyl (C=O) groups is 6. The van der Waals surface area contributed by atoms with Crippen molar-refractivity contribution in [1.82, 2.24) is 19.6 Å². The molecule has 2 rings (SSSR count). The number of aliphatic hydroxyl groups excluding tert-OH is 4. The molecule has 18 heteroatoms. The first kappa shape index (κ1) is 37.4. The second-order valence-electron chi connectivity index (χ2n) is 9.95. The van der Waals surface area contributed by atoms with Crippen molar-refractivity contribution in [2.24, 2.45) is 0 Å². The van der Waals surface area contributed by atoms with Crippen LogP contribution in [-0.2, 0) is 38.1 Å². The fraction of sp³-hybridized carbons (Fsp3) is 0.500. The number of hydrogen-bond acceptors (Lipinski definition) is 14. The van der Waals surface area contributed by atoms with Crippen LogP contribution in [0.1, 0.15) is 0 Å². The fourth-order valence-corrected chi connectivity index (χ4v) is 4.58. The largest absolute Gasteiger partial charge is 0.460 e. The Labute approximate surface area is 263 Å². The SMILES string of the molecule is C=CC(=O)OCC(O)CN1C(=O)N(CC(O)COC(=O)C=C)C2C1N(CC(O)COC(=O)C=C)C(=O)N2CC(O)COC(=O)C=C. The maximum absolute atomic E-state index is 13.8. The molecule has 0 radical (unpaired) electrons. The quantitative estimate of drug-likeness (QED) is 0.0603. The van der Waals surface area contributed by atoms with Gasteiger partial charge in [0.25, 0.3) is 0 Å². The number of hydrogen-bond donors (Lipinski definition) is 4. The van der Waals surface area contributed by atoms with Gasteiger partial charge in [0.1, 0.15) is 63.2 Å². The van der Waals surface area contributed by atoms with Gasteiger partial charge >= 0.3 is 35.9 Å². The van der Waals surface area contributed by atoms with Crippen molar-refractivity contribution in [3.8, 4) is 0 Å². The summed E-state index contributed by atoms with van der Waals surface area (Å²) in [6, 6.07) is -1.69. The number of ether oxygens (including phenoxy) is 4. The van der Waals surface area contributed by atoms with Crippen LogP contribution in [0.5, 0.6) is 0 Å². The average molecular weight is 655 g/mol. The van der Waals surface area contributed by atoms with Crippen LogP contribution < -0.4 is 0 Å². The minimum Gasteiger partial charge on any atom is -0.460 e. The summed E-state index contributed by atoms with van der Waals surface area (Å²) in [6.07, 6.45) is -5.11. The molecule has 4 atom stereocenters. The number of nitrogens with zero attached hydrogens (tertiary/aromatic N) is 4. The van der Waals surface area contributed by atoms with Gasteiger partial charge in [-0.2, -0.15) is 0 Å². The highest BCUT2D eigenvalue weighted by atomic mass is 16.6. The summed E-state index contributed by atoms with van der Waals surface area (Å²) in [4.78, 5) is 77.7. The molecule has 0 aliphatic carbocycles. The number of aliphatic hydroxyl groups is 4. The monoisotopic (exact) mass is 654 g/mol. The molecular formula is C28H38N4O14. The van der Waals surface area contributed by atoms with Gasteiger partial charge in [-0.1, -0.05) is 26.3 Å². The fourth-order valence-electron chi connectivity index (χ4n) is 4.58. The Kier molecular flexibility index (Phi) is 14.3.